The second-order valence-corrected chi connectivity index (χ2v) is 7.97. The highest BCUT2D eigenvalue weighted by Gasteiger charge is 2.34. The van der Waals surface area contributed by atoms with Crippen LogP contribution in [0.25, 0.3) is 6.08 Å². The number of nitrogens with zero attached hydrogens (tertiary/aromatic N) is 1. The Kier molecular flexibility index (Phi) is 7.15. The van der Waals surface area contributed by atoms with Crippen LogP contribution in [0.15, 0.2) is 85.0 Å². The average Bonchev–Trinajstić information content (AvgIpc) is 3.17. The van der Waals surface area contributed by atoms with Crippen molar-refractivity contribution in [3.05, 3.63) is 107 Å². The lowest BCUT2D eigenvalue weighted by atomic mass is 10.0. The Morgan fingerprint density at radius 3 is 2.44 bits per heavy atom. The first-order valence-electron chi connectivity index (χ1n) is 11.1. The van der Waals surface area contributed by atoms with Crippen LogP contribution in [0, 0.1) is 0 Å². The van der Waals surface area contributed by atoms with Crippen LogP contribution in [0.4, 0.5) is 5.69 Å². The van der Waals surface area contributed by atoms with Gasteiger partial charge in [0, 0.05) is 5.56 Å². The van der Waals surface area contributed by atoms with Crippen LogP contribution in [0.2, 0.25) is 0 Å². The van der Waals surface area contributed by atoms with Crippen LogP contribution in [0.1, 0.15) is 27.0 Å². The van der Waals surface area contributed by atoms with Gasteiger partial charge >= 0.3 is 5.97 Å². The fourth-order valence-electron chi connectivity index (χ4n) is 3.77. The van der Waals surface area contributed by atoms with Crippen molar-refractivity contribution in [1.29, 1.82) is 0 Å². The van der Waals surface area contributed by atoms with Gasteiger partial charge in [-0.05, 0) is 60.0 Å². The van der Waals surface area contributed by atoms with Gasteiger partial charge in [0.1, 0.15) is 12.2 Å². The molecule has 4 rings (SSSR count). The van der Waals surface area contributed by atoms with Gasteiger partial charge in [-0.3, -0.25) is 15.0 Å². The van der Waals surface area contributed by atoms with Crippen molar-refractivity contribution in [2.75, 3.05) is 12.1 Å². The molecule has 0 spiro atoms. The van der Waals surface area contributed by atoms with E-state index < -0.39 is 17.8 Å². The minimum absolute atomic E-state index is 0.00218. The Morgan fingerprint density at radius 1 is 1.08 bits per heavy atom. The molecular weight excluding hydrogens is 460 g/mol. The first-order valence-corrected chi connectivity index (χ1v) is 11.1. The molecule has 1 fully saturated rings. The number of carboxylic acid groups (broad SMARTS) is 1. The third-order valence-corrected chi connectivity index (χ3v) is 5.54. The Labute approximate surface area is 208 Å². The van der Waals surface area contributed by atoms with Gasteiger partial charge in [-0.2, -0.15) is 0 Å². The summed E-state index contributed by atoms with van der Waals surface area (Å²) in [4.78, 5) is 36.6. The number of rotatable bonds is 9. The van der Waals surface area contributed by atoms with Crippen LogP contribution in [0.5, 0.6) is 11.5 Å². The summed E-state index contributed by atoms with van der Waals surface area (Å²) in [6.07, 6.45) is 3.69. The monoisotopic (exact) mass is 484 g/mol. The fraction of sp³-hybridized carbons (Fsp3) is 0.107. The third kappa shape index (κ3) is 5.12. The van der Waals surface area contributed by atoms with Crippen LogP contribution in [-0.2, 0) is 22.6 Å². The number of carbonyl (C=O) groups excluding carboxylic acids is 2. The number of amides is 2. The van der Waals surface area contributed by atoms with Gasteiger partial charge in [0.05, 0.1) is 18.4 Å². The number of aromatic carboxylic acids is 1. The number of para-hydroxylation sites is 1. The Morgan fingerprint density at radius 2 is 1.81 bits per heavy atom. The largest absolute Gasteiger partial charge is 0.493 e. The van der Waals surface area contributed by atoms with E-state index in [4.69, 9.17) is 14.6 Å². The van der Waals surface area contributed by atoms with Crippen LogP contribution in [0.3, 0.4) is 0 Å². The van der Waals surface area contributed by atoms with Crippen molar-refractivity contribution in [2.24, 2.45) is 0 Å². The van der Waals surface area contributed by atoms with Crippen molar-refractivity contribution in [3.63, 3.8) is 0 Å². The summed E-state index contributed by atoms with van der Waals surface area (Å²) in [5.74, 6) is -1.04. The number of anilines is 1. The molecular formula is C28H24N2O6. The highest BCUT2D eigenvalue weighted by atomic mass is 16.5. The summed E-state index contributed by atoms with van der Waals surface area (Å²) in [6.45, 7) is 3.99. The summed E-state index contributed by atoms with van der Waals surface area (Å²) in [5.41, 5.74) is 5.47. The van der Waals surface area contributed by atoms with Gasteiger partial charge in [-0.25, -0.2) is 9.80 Å². The summed E-state index contributed by atoms with van der Waals surface area (Å²) in [7, 11) is 1.50. The SMILES string of the molecule is C=CCc1cc(C=C2C(=O)NN(c3ccccc3)C2=O)cc(OC)c1OCc1ccc(C(=O)O)cc1. The van der Waals surface area contributed by atoms with Gasteiger partial charge in [-0.1, -0.05) is 36.4 Å². The number of carbonyl (C=O) groups is 3. The van der Waals surface area contributed by atoms with E-state index in [1.54, 1.807) is 48.5 Å². The van der Waals surface area contributed by atoms with E-state index in [2.05, 4.69) is 12.0 Å². The van der Waals surface area contributed by atoms with Crippen LogP contribution >= 0.6 is 0 Å². The Balaban J connectivity index is 1.62. The smallest absolute Gasteiger partial charge is 0.335 e. The van der Waals surface area contributed by atoms with Crippen molar-refractivity contribution in [1.82, 2.24) is 5.43 Å². The Hall–Kier alpha value is -4.85. The molecule has 1 aliphatic heterocycles. The zero-order chi connectivity index (χ0) is 25.7. The molecule has 0 bridgehead atoms. The van der Waals surface area contributed by atoms with Gasteiger partial charge < -0.3 is 14.6 Å². The molecule has 0 atom stereocenters. The fourth-order valence-corrected chi connectivity index (χ4v) is 3.77. The van der Waals surface area contributed by atoms with E-state index in [-0.39, 0.29) is 17.7 Å². The van der Waals surface area contributed by atoms with E-state index in [9.17, 15) is 14.4 Å². The first kappa shape index (κ1) is 24.3. The molecule has 2 amide bonds. The topological polar surface area (TPSA) is 105 Å². The average molecular weight is 485 g/mol. The predicted molar refractivity (Wildman–Crippen MR) is 135 cm³/mol. The second kappa shape index (κ2) is 10.6. The summed E-state index contributed by atoms with van der Waals surface area (Å²) < 4.78 is 11.6. The summed E-state index contributed by atoms with van der Waals surface area (Å²) in [5, 5.41) is 10.3. The molecule has 1 heterocycles. The molecule has 8 nitrogen and oxygen atoms in total. The number of methoxy groups -OCH3 is 1. The lowest BCUT2D eigenvalue weighted by molar-refractivity contribution is -0.117. The molecule has 0 unspecified atom stereocenters. The zero-order valence-electron chi connectivity index (χ0n) is 19.6. The molecule has 1 aliphatic rings. The van der Waals surface area contributed by atoms with Gasteiger partial charge in [0.15, 0.2) is 11.5 Å². The van der Waals surface area contributed by atoms with Crippen molar-refractivity contribution in [3.8, 4) is 11.5 Å². The predicted octanol–water partition coefficient (Wildman–Crippen LogP) is 4.16. The molecule has 0 saturated carbocycles. The summed E-state index contributed by atoms with van der Waals surface area (Å²) >= 11 is 0. The normalized spacial score (nSPS) is 14.0. The molecule has 3 aromatic rings. The van der Waals surface area contributed by atoms with E-state index in [0.29, 0.717) is 29.2 Å². The van der Waals surface area contributed by atoms with E-state index in [1.165, 1.54) is 30.3 Å². The molecule has 0 aliphatic carbocycles. The third-order valence-electron chi connectivity index (χ3n) is 5.54. The van der Waals surface area contributed by atoms with Crippen LogP contribution in [-0.4, -0.2) is 30.0 Å². The van der Waals surface area contributed by atoms with Gasteiger partial charge in [0.2, 0.25) is 0 Å². The maximum atomic E-state index is 12.9. The lowest BCUT2D eigenvalue weighted by Gasteiger charge is -2.16. The molecule has 182 valence electrons. The lowest BCUT2D eigenvalue weighted by Crippen LogP contribution is -2.35. The van der Waals surface area contributed by atoms with Gasteiger partial charge in [0.25, 0.3) is 11.8 Å². The molecule has 0 aromatic heterocycles. The number of nitrogens with one attached hydrogen (secondary N) is 1. The molecule has 0 radical (unpaired) electrons. The zero-order valence-corrected chi connectivity index (χ0v) is 19.6. The number of hydrogen-bond donors (Lipinski definition) is 2. The van der Waals surface area contributed by atoms with E-state index in [1.807, 2.05) is 12.1 Å². The number of hydrazine groups is 1. The molecule has 36 heavy (non-hydrogen) atoms. The van der Waals surface area contributed by atoms with Gasteiger partial charge in [-0.15, -0.1) is 6.58 Å². The highest BCUT2D eigenvalue weighted by Crippen LogP contribution is 2.35. The maximum Gasteiger partial charge on any atom is 0.335 e. The maximum absolute atomic E-state index is 12.9. The number of benzene rings is 3. The summed E-state index contributed by atoms with van der Waals surface area (Å²) in [6, 6.07) is 18.7. The molecule has 8 heteroatoms. The number of carboxylic acids is 1. The molecule has 1 saturated heterocycles. The van der Waals surface area contributed by atoms with E-state index in [0.717, 1.165) is 11.1 Å². The number of allylic oxidation sites excluding steroid dienone is 1. The van der Waals surface area contributed by atoms with Crippen molar-refractivity contribution < 1.29 is 29.0 Å². The molecule has 2 N–H and O–H groups in total. The molecule has 3 aromatic carbocycles. The minimum Gasteiger partial charge on any atom is -0.493 e. The highest BCUT2D eigenvalue weighted by molar-refractivity contribution is 6.31. The number of hydrogen-bond acceptors (Lipinski definition) is 5. The van der Waals surface area contributed by atoms with E-state index >= 15 is 0 Å². The van der Waals surface area contributed by atoms with Crippen molar-refractivity contribution in [2.45, 2.75) is 13.0 Å². The first-order chi connectivity index (χ1) is 17.4. The quantitative estimate of drug-likeness (QED) is 0.268. The standard InChI is InChI=1S/C28H24N2O6/c1-3-7-21-14-19(15-23-26(31)29-30(27(23)32)22-8-5-4-6-9-22)16-24(35-2)25(21)36-17-18-10-12-20(13-11-18)28(33)34/h3-6,8-16H,1,7,17H2,2H3,(H,29,31)(H,33,34). The Bertz CT molecular complexity index is 1350. The number of ether oxygens (including phenoxy) is 2. The van der Waals surface area contributed by atoms with Crippen molar-refractivity contribution >= 4 is 29.5 Å². The minimum atomic E-state index is -0.997. The second-order valence-electron chi connectivity index (χ2n) is 7.97. The van der Waals surface area contributed by atoms with Crippen LogP contribution < -0.4 is 19.9 Å².